The van der Waals surface area contributed by atoms with Crippen molar-refractivity contribution < 1.29 is 9.53 Å². The molecule has 1 N–H and O–H groups in total. The van der Waals surface area contributed by atoms with Gasteiger partial charge in [0.1, 0.15) is 12.0 Å². The SMILES string of the molecule is O=C(CCl)O[C@@H]1CNCC[C@@H]1CCCc1ccccc1. The summed E-state index contributed by atoms with van der Waals surface area (Å²) in [6.45, 7) is 1.75. The van der Waals surface area contributed by atoms with Crippen molar-refractivity contribution in [2.24, 2.45) is 5.92 Å². The zero-order valence-electron chi connectivity index (χ0n) is 11.7. The molecule has 0 aliphatic carbocycles. The van der Waals surface area contributed by atoms with E-state index in [4.69, 9.17) is 16.3 Å². The van der Waals surface area contributed by atoms with E-state index < -0.39 is 0 Å². The van der Waals surface area contributed by atoms with Crippen LogP contribution in [0, 0.1) is 5.92 Å². The Hall–Kier alpha value is -1.06. The predicted molar refractivity (Wildman–Crippen MR) is 81.0 cm³/mol. The van der Waals surface area contributed by atoms with E-state index in [1.165, 1.54) is 5.56 Å². The van der Waals surface area contributed by atoms with Gasteiger partial charge < -0.3 is 10.1 Å². The number of ether oxygens (including phenoxy) is 1. The van der Waals surface area contributed by atoms with Crippen LogP contribution >= 0.6 is 11.6 Å². The van der Waals surface area contributed by atoms with Crippen LogP contribution in [0.25, 0.3) is 0 Å². The van der Waals surface area contributed by atoms with Gasteiger partial charge in [-0.1, -0.05) is 30.3 Å². The van der Waals surface area contributed by atoms with Gasteiger partial charge in [-0.2, -0.15) is 0 Å². The lowest BCUT2D eigenvalue weighted by atomic mass is 9.89. The minimum atomic E-state index is -0.312. The van der Waals surface area contributed by atoms with E-state index in [0.29, 0.717) is 5.92 Å². The number of hydrogen-bond acceptors (Lipinski definition) is 3. The van der Waals surface area contributed by atoms with Crippen molar-refractivity contribution in [2.45, 2.75) is 31.8 Å². The number of benzene rings is 1. The average Bonchev–Trinajstić information content (AvgIpc) is 2.50. The maximum atomic E-state index is 11.3. The lowest BCUT2D eigenvalue weighted by molar-refractivity contribution is -0.149. The van der Waals surface area contributed by atoms with E-state index in [2.05, 4.69) is 29.6 Å². The van der Waals surface area contributed by atoms with Crippen LogP contribution in [0.1, 0.15) is 24.8 Å². The zero-order valence-corrected chi connectivity index (χ0v) is 12.4. The number of esters is 1. The number of aryl methyl sites for hydroxylation is 1. The van der Waals surface area contributed by atoms with Crippen molar-refractivity contribution in [3.05, 3.63) is 35.9 Å². The Bertz CT molecular complexity index is 410. The predicted octanol–water partition coefficient (Wildman–Crippen LogP) is 2.77. The molecule has 1 aliphatic rings. The minimum absolute atomic E-state index is 0.0224. The van der Waals surface area contributed by atoms with Crippen LogP contribution in [0.2, 0.25) is 0 Å². The van der Waals surface area contributed by atoms with Crippen molar-refractivity contribution in [3.8, 4) is 0 Å². The Balaban J connectivity index is 1.78. The lowest BCUT2D eigenvalue weighted by Crippen LogP contribution is -2.43. The molecule has 2 atom stereocenters. The van der Waals surface area contributed by atoms with E-state index in [1.54, 1.807) is 0 Å². The molecule has 3 nitrogen and oxygen atoms in total. The summed E-state index contributed by atoms with van der Waals surface area (Å²) in [5.41, 5.74) is 1.37. The minimum Gasteiger partial charge on any atom is -0.460 e. The van der Waals surface area contributed by atoms with Gasteiger partial charge in [-0.3, -0.25) is 4.79 Å². The molecule has 1 heterocycles. The molecular weight excluding hydrogens is 274 g/mol. The molecule has 1 aromatic rings. The number of halogens is 1. The summed E-state index contributed by atoms with van der Waals surface area (Å²) in [5.74, 6) is 0.0771. The number of alkyl halides is 1. The molecular formula is C16H22ClNO2. The summed E-state index contributed by atoms with van der Waals surface area (Å²) in [6.07, 6.45) is 4.35. The summed E-state index contributed by atoms with van der Waals surface area (Å²) in [7, 11) is 0. The molecule has 0 bridgehead atoms. The van der Waals surface area contributed by atoms with Crippen LogP contribution in [-0.2, 0) is 16.0 Å². The van der Waals surface area contributed by atoms with E-state index in [1.807, 2.05) is 6.07 Å². The normalized spacial score (nSPS) is 22.4. The third kappa shape index (κ3) is 4.80. The molecule has 20 heavy (non-hydrogen) atoms. The second kappa shape index (κ2) is 8.28. The number of carbonyl (C=O) groups excluding carboxylic acids is 1. The maximum Gasteiger partial charge on any atom is 0.321 e. The third-order valence-corrected chi connectivity index (χ3v) is 4.06. The standard InChI is InChI=1S/C16H22ClNO2/c17-11-16(19)20-15-12-18-10-9-14(15)8-4-7-13-5-2-1-3-6-13/h1-3,5-6,14-15,18H,4,7-12H2/t14-,15+/m0/s1. The molecule has 0 unspecified atom stereocenters. The highest BCUT2D eigenvalue weighted by atomic mass is 35.5. The van der Waals surface area contributed by atoms with Gasteiger partial charge in [-0.05, 0) is 43.7 Å². The molecule has 4 heteroatoms. The van der Waals surface area contributed by atoms with Crippen molar-refractivity contribution >= 4 is 17.6 Å². The van der Waals surface area contributed by atoms with Gasteiger partial charge in [-0.15, -0.1) is 11.6 Å². The van der Waals surface area contributed by atoms with Crippen LogP contribution in [0.15, 0.2) is 30.3 Å². The quantitative estimate of drug-likeness (QED) is 0.648. The van der Waals surface area contributed by atoms with Crippen LogP contribution in [0.4, 0.5) is 0 Å². The Labute approximate surface area is 125 Å². The first-order chi connectivity index (χ1) is 9.79. The first kappa shape index (κ1) is 15.3. The molecule has 2 rings (SSSR count). The highest BCUT2D eigenvalue weighted by molar-refractivity contribution is 6.26. The fraction of sp³-hybridized carbons (Fsp3) is 0.562. The first-order valence-electron chi connectivity index (χ1n) is 7.29. The topological polar surface area (TPSA) is 38.3 Å². The van der Waals surface area contributed by atoms with E-state index in [-0.39, 0.29) is 18.0 Å². The lowest BCUT2D eigenvalue weighted by Gasteiger charge is -2.31. The summed E-state index contributed by atoms with van der Waals surface area (Å²) in [6, 6.07) is 10.5. The van der Waals surface area contributed by atoms with E-state index in [0.717, 1.165) is 38.8 Å². The van der Waals surface area contributed by atoms with Crippen LogP contribution in [0.3, 0.4) is 0 Å². The number of carbonyl (C=O) groups is 1. The van der Waals surface area contributed by atoms with Crippen molar-refractivity contribution in [3.63, 3.8) is 0 Å². The van der Waals surface area contributed by atoms with Crippen LogP contribution < -0.4 is 5.32 Å². The molecule has 1 aromatic carbocycles. The number of hydrogen-bond donors (Lipinski definition) is 1. The second-order valence-corrected chi connectivity index (χ2v) is 5.56. The maximum absolute atomic E-state index is 11.3. The summed E-state index contributed by atoms with van der Waals surface area (Å²) in [4.78, 5) is 11.3. The fourth-order valence-corrected chi connectivity index (χ4v) is 2.83. The highest BCUT2D eigenvalue weighted by Gasteiger charge is 2.27. The number of nitrogens with one attached hydrogen (secondary N) is 1. The largest absolute Gasteiger partial charge is 0.460 e. The van der Waals surface area contributed by atoms with Gasteiger partial charge >= 0.3 is 5.97 Å². The zero-order chi connectivity index (χ0) is 14.2. The summed E-state index contributed by atoms with van der Waals surface area (Å²) in [5, 5.41) is 3.28. The fourth-order valence-electron chi connectivity index (χ4n) is 2.77. The molecule has 1 saturated heterocycles. The van der Waals surface area contributed by atoms with Gasteiger partial charge in [-0.25, -0.2) is 0 Å². The van der Waals surface area contributed by atoms with E-state index >= 15 is 0 Å². The Kier molecular flexibility index (Phi) is 6.34. The van der Waals surface area contributed by atoms with Crippen LogP contribution in [-0.4, -0.2) is 31.0 Å². The molecule has 0 saturated carbocycles. The Morgan fingerprint density at radius 1 is 1.35 bits per heavy atom. The number of piperidine rings is 1. The van der Waals surface area contributed by atoms with Gasteiger partial charge in [0.15, 0.2) is 0 Å². The Morgan fingerprint density at radius 3 is 2.90 bits per heavy atom. The van der Waals surface area contributed by atoms with Crippen molar-refractivity contribution in [1.29, 1.82) is 0 Å². The molecule has 110 valence electrons. The molecule has 1 fully saturated rings. The van der Waals surface area contributed by atoms with Gasteiger partial charge in [0.25, 0.3) is 0 Å². The smallest absolute Gasteiger partial charge is 0.321 e. The molecule has 1 aliphatic heterocycles. The van der Waals surface area contributed by atoms with Crippen molar-refractivity contribution in [1.82, 2.24) is 5.32 Å². The molecule has 0 spiro atoms. The van der Waals surface area contributed by atoms with Gasteiger partial charge in [0.05, 0.1) is 0 Å². The Morgan fingerprint density at radius 2 is 2.15 bits per heavy atom. The monoisotopic (exact) mass is 295 g/mol. The van der Waals surface area contributed by atoms with Crippen LogP contribution in [0.5, 0.6) is 0 Å². The summed E-state index contributed by atoms with van der Waals surface area (Å²) >= 11 is 5.51. The average molecular weight is 296 g/mol. The second-order valence-electron chi connectivity index (χ2n) is 5.29. The first-order valence-corrected chi connectivity index (χ1v) is 7.83. The molecule has 0 amide bonds. The number of rotatable bonds is 6. The molecule has 0 aromatic heterocycles. The van der Waals surface area contributed by atoms with E-state index in [9.17, 15) is 4.79 Å². The highest BCUT2D eigenvalue weighted by Crippen LogP contribution is 2.22. The van der Waals surface area contributed by atoms with Gasteiger partial charge in [0.2, 0.25) is 0 Å². The third-order valence-electron chi connectivity index (χ3n) is 3.84. The molecule has 0 radical (unpaired) electrons. The summed E-state index contributed by atoms with van der Waals surface area (Å²) < 4.78 is 5.42. The van der Waals surface area contributed by atoms with Gasteiger partial charge in [0, 0.05) is 6.54 Å². The van der Waals surface area contributed by atoms with Crippen molar-refractivity contribution in [2.75, 3.05) is 19.0 Å².